The first-order chi connectivity index (χ1) is 22.4. The van der Waals surface area contributed by atoms with Gasteiger partial charge in [0.15, 0.2) is 5.82 Å². The van der Waals surface area contributed by atoms with Crippen LogP contribution in [-0.4, -0.2) is 83.5 Å². The first kappa shape index (κ1) is 33.2. The van der Waals surface area contributed by atoms with Gasteiger partial charge in [0, 0.05) is 30.4 Å². The van der Waals surface area contributed by atoms with Crippen molar-refractivity contribution in [3.8, 4) is 5.69 Å². The van der Waals surface area contributed by atoms with Crippen molar-refractivity contribution >= 4 is 58.1 Å². The van der Waals surface area contributed by atoms with E-state index in [1.165, 1.54) is 29.2 Å². The normalized spacial score (nSPS) is 14.3. The lowest BCUT2D eigenvalue weighted by molar-refractivity contribution is -0.135. The van der Waals surface area contributed by atoms with Gasteiger partial charge in [-0.1, -0.05) is 11.6 Å². The summed E-state index contributed by atoms with van der Waals surface area (Å²) in [7, 11) is 0. The van der Waals surface area contributed by atoms with E-state index < -0.39 is 35.2 Å². The lowest BCUT2D eigenvalue weighted by atomic mass is 10.1. The minimum atomic E-state index is -1.28. The van der Waals surface area contributed by atoms with Gasteiger partial charge < -0.3 is 25.3 Å². The Balaban J connectivity index is 1.35. The molecule has 3 amide bonds. The molecule has 0 spiro atoms. The van der Waals surface area contributed by atoms with Crippen LogP contribution in [0.3, 0.4) is 0 Å². The van der Waals surface area contributed by atoms with Crippen molar-refractivity contribution in [2.45, 2.75) is 58.1 Å². The monoisotopic (exact) mass is 665 g/mol. The van der Waals surface area contributed by atoms with Gasteiger partial charge in [-0.05, 0) is 86.9 Å². The molecule has 1 atom stereocenters. The van der Waals surface area contributed by atoms with E-state index in [0.29, 0.717) is 29.8 Å². The highest BCUT2D eigenvalue weighted by Crippen LogP contribution is 2.25. The van der Waals surface area contributed by atoms with Gasteiger partial charge in [0.2, 0.25) is 23.5 Å². The van der Waals surface area contributed by atoms with Crippen molar-refractivity contribution < 1.29 is 28.3 Å². The average Bonchev–Trinajstić information content (AvgIpc) is 3.71. The van der Waals surface area contributed by atoms with Crippen molar-refractivity contribution in [2.24, 2.45) is 0 Å². The lowest BCUT2D eigenvalue weighted by Gasteiger charge is -2.28. The van der Waals surface area contributed by atoms with Crippen LogP contribution < -0.4 is 10.6 Å². The average molecular weight is 666 g/mol. The number of rotatable bonds is 9. The highest BCUT2D eigenvalue weighted by Gasteiger charge is 2.27. The summed E-state index contributed by atoms with van der Waals surface area (Å²) in [5.74, 6) is -3.14. The van der Waals surface area contributed by atoms with Crippen molar-refractivity contribution in [3.63, 3.8) is 0 Å². The number of benzene rings is 2. The molecule has 3 N–H and O–H groups in total. The molecule has 3 heterocycles. The first-order valence-electron chi connectivity index (χ1n) is 14.9. The number of piperidine rings is 1. The Labute approximate surface area is 273 Å². The molecule has 5 rings (SSSR count). The highest BCUT2D eigenvalue weighted by atomic mass is 35.5. The molecular formula is C31H33ClFN9O5. The van der Waals surface area contributed by atoms with Crippen molar-refractivity contribution in [1.82, 2.24) is 40.4 Å². The standard InChI is InChI=1S/C31H33ClFN9O5/c1-31(2,3)47-30(46)28-37-21-10-7-18(15-22(21)38-28)35-29(45)23(16-26(44)41-13-5-4-6-14-41)36-25(43)12-8-19-24(42-17-34-39-40-42)11-9-20(32)27(19)33/h7-12,15,17,23H,4-6,13-14,16H2,1-3H3,(H,35,45)(H,36,43)(H,37,38)/b12-8+. The Morgan fingerprint density at radius 2 is 1.89 bits per heavy atom. The number of anilines is 1. The number of ether oxygens (including phenoxy) is 1. The molecule has 1 fully saturated rings. The number of nitrogens with one attached hydrogen (secondary N) is 3. The molecule has 2 aromatic heterocycles. The predicted molar refractivity (Wildman–Crippen MR) is 170 cm³/mol. The molecule has 0 aliphatic carbocycles. The van der Waals surface area contributed by atoms with Crippen molar-refractivity contribution in [2.75, 3.05) is 18.4 Å². The second kappa shape index (κ2) is 14.1. The number of amides is 3. The molecular weight excluding hydrogens is 633 g/mol. The minimum absolute atomic E-state index is 0.00170. The van der Waals surface area contributed by atoms with Crippen LogP contribution in [0, 0.1) is 5.82 Å². The summed E-state index contributed by atoms with van der Waals surface area (Å²) in [5, 5.41) is 16.0. The van der Waals surface area contributed by atoms with E-state index in [1.807, 2.05) is 0 Å². The third-order valence-corrected chi connectivity index (χ3v) is 7.46. The van der Waals surface area contributed by atoms with E-state index in [0.717, 1.165) is 25.3 Å². The van der Waals surface area contributed by atoms with Crippen LogP contribution >= 0.6 is 11.6 Å². The van der Waals surface area contributed by atoms with Gasteiger partial charge in [0.25, 0.3) is 0 Å². The summed E-state index contributed by atoms with van der Waals surface area (Å²) in [5.41, 5.74) is 0.694. The maximum Gasteiger partial charge on any atom is 0.374 e. The third kappa shape index (κ3) is 8.35. The van der Waals surface area contributed by atoms with Crippen molar-refractivity contribution in [3.05, 3.63) is 65.0 Å². The first-order valence-corrected chi connectivity index (χ1v) is 15.3. The van der Waals surface area contributed by atoms with Gasteiger partial charge in [0.1, 0.15) is 18.0 Å². The summed E-state index contributed by atoms with van der Waals surface area (Å²) < 4.78 is 21.6. The Morgan fingerprint density at radius 1 is 1.13 bits per heavy atom. The number of nitrogens with zero attached hydrogens (tertiary/aromatic N) is 6. The predicted octanol–water partition coefficient (Wildman–Crippen LogP) is 3.83. The van der Waals surface area contributed by atoms with E-state index in [-0.39, 0.29) is 34.4 Å². The molecule has 1 unspecified atom stereocenters. The number of likely N-dealkylation sites (tertiary alicyclic amines) is 1. The minimum Gasteiger partial charge on any atom is -0.454 e. The molecule has 47 heavy (non-hydrogen) atoms. The summed E-state index contributed by atoms with van der Waals surface area (Å²) in [4.78, 5) is 61.1. The molecule has 4 aromatic rings. The fourth-order valence-electron chi connectivity index (χ4n) is 4.96. The Morgan fingerprint density at radius 3 is 2.60 bits per heavy atom. The van der Waals surface area contributed by atoms with E-state index >= 15 is 4.39 Å². The number of halogens is 2. The molecule has 246 valence electrons. The van der Waals surface area contributed by atoms with E-state index in [4.69, 9.17) is 16.3 Å². The van der Waals surface area contributed by atoms with Crippen LogP contribution in [0.5, 0.6) is 0 Å². The summed E-state index contributed by atoms with van der Waals surface area (Å²) in [6, 6.07) is 6.29. The number of aromatic nitrogens is 6. The maximum atomic E-state index is 15.0. The quantitative estimate of drug-likeness (QED) is 0.177. The zero-order valence-corrected chi connectivity index (χ0v) is 26.7. The van der Waals surface area contributed by atoms with Crippen LogP contribution in [0.1, 0.15) is 62.6 Å². The molecule has 16 heteroatoms. The Bertz CT molecular complexity index is 1830. The molecule has 2 aromatic carbocycles. The molecule has 0 saturated carbocycles. The third-order valence-electron chi connectivity index (χ3n) is 7.17. The summed E-state index contributed by atoms with van der Waals surface area (Å²) in [6.45, 7) is 6.35. The molecule has 1 aliphatic heterocycles. The van der Waals surface area contributed by atoms with Gasteiger partial charge in [0.05, 0.1) is 28.2 Å². The number of imidazole rings is 1. The van der Waals surface area contributed by atoms with Gasteiger partial charge in [-0.15, -0.1) is 5.10 Å². The van der Waals surface area contributed by atoms with Gasteiger partial charge >= 0.3 is 5.97 Å². The van der Waals surface area contributed by atoms with Crippen LogP contribution in [0.25, 0.3) is 22.8 Å². The van der Waals surface area contributed by atoms with Crippen LogP contribution in [-0.2, 0) is 19.1 Å². The number of carbonyl (C=O) groups is 4. The molecule has 1 saturated heterocycles. The number of esters is 1. The Hall–Kier alpha value is -5.18. The Kier molecular flexibility index (Phi) is 9.94. The highest BCUT2D eigenvalue weighted by molar-refractivity contribution is 6.31. The number of hydrogen-bond donors (Lipinski definition) is 3. The fourth-order valence-corrected chi connectivity index (χ4v) is 5.13. The van der Waals surface area contributed by atoms with Crippen LogP contribution in [0.2, 0.25) is 5.02 Å². The van der Waals surface area contributed by atoms with E-state index in [9.17, 15) is 19.2 Å². The number of hydrogen-bond acceptors (Lipinski definition) is 9. The zero-order valence-electron chi connectivity index (χ0n) is 25.9. The second-order valence-corrected chi connectivity index (χ2v) is 12.3. The molecule has 0 radical (unpaired) electrons. The van der Waals surface area contributed by atoms with Crippen molar-refractivity contribution in [1.29, 1.82) is 0 Å². The van der Waals surface area contributed by atoms with E-state index in [2.05, 4.69) is 36.1 Å². The largest absolute Gasteiger partial charge is 0.454 e. The molecule has 0 bridgehead atoms. The van der Waals surface area contributed by atoms with Gasteiger partial charge in [-0.25, -0.2) is 14.2 Å². The van der Waals surface area contributed by atoms with Gasteiger partial charge in [-0.3, -0.25) is 14.4 Å². The number of carbonyl (C=O) groups excluding carboxylic acids is 4. The maximum absolute atomic E-state index is 15.0. The molecule has 1 aliphatic rings. The zero-order chi connectivity index (χ0) is 33.7. The number of H-pyrrole nitrogens is 1. The van der Waals surface area contributed by atoms with Crippen LogP contribution in [0.4, 0.5) is 10.1 Å². The molecule has 14 nitrogen and oxygen atoms in total. The topological polar surface area (TPSA) is 177 Å². The fraction of sp³-hybridized carbons (Fsp3) is 0.355. The van der Waals surface area contributed by atoms with E-state index in [1.54, 1.807) is 43.9 Å². The number of aromatic amines is 1. The second-order valence-electron chi connectivity index (χ2n) is 11.9. The smallest absolute Gasteiger partial charge is 0.374 e. The van der Waals surface area contributed by atoms with Crippen LogP contribution in [0.15, 0.2) is 42.7 Å². The SMILES string of the molecule is CC(C)(C)OC(=O)c1nc2ccc(NC(=O)C(CC(=O)N3CCCCC3)NC(=O)/C=C/c3c(-n4cnnn4)ccc(Cl)c3F)cc2[nH]1. The summed E-state index contributed by atoms with van der Waals surface area (Å²) in [6.07, 6.45) is 5.87. The number of tetrazole rings is 1. The number of fused-ring (bicyclic) bond motifs is 1. The lowest BCUT2D eigenvalue weighted by Crippen LogP contribution is -2.47. The van der Waals surface area contributed by atoms with Gasteiger partial charge in [-0.2, -0.15) is 4.68 Å². The summed E-state index contributed by atoms with van der Waals surface area (Å²) >= 11 is 5.98.